The highest BCUT2D eigenvalue weighted by Gasteiger charge is 2.23. The number of nitro groups is 1. The highest BCUT2D eigenvalue weighted by Crippen LogP contribution is 2.25. The zero-order valence-electron chi connectivity index (χ0n) is 16.0. The third-order valence-electron chi connectivity index (χ3n) is 4.51. The lowest BCUT2D eigenvalue weighted by Gasteiger charge is -2.10. The Morgan fingerprint density at radius 1 is 1.29 bits per heavy atom. The fourth-order valence-electron chi connectivity index (χ4n) is 3.01. The third kappa shape index (κ3) is 3.64. The number of nitrogens with zero attached hydrogens (tertiary/aromatic N) is 4. The first kappa shape index (κ1) is 19.3. The van der Waals surface area contributed by atoms with Crippen LogP contribution in [-0.2, 0) is 11.3 Å². The molecule has 0 bridgehead atoms. The number of carbonyl (C=O) groups is 1. The van der Waals surface area contributed by atoms with Gasteiger partial charge in [-0.3, -0.25) is 10.1 Å². The Labute approximate surface area is 161 Å². The van der Waals surface area contributed by atoms with Gasteiger partial charge >= 0.3 is 5.97 Å². The normalized spacial score (nSPS) is 12.0. The average Bonchev–Trinajstić information content (AvgIpc) is 3.26. The predicted molar refractivity (Wildman–Crippen MR) is 99.8 cm³/mol. The van der Waals surface area contributed by atoms with Crippen LogP contribution in [0.15, 0.2) is 34.7 Å². The van der Waals surface area contributed by atoms with Gasteiger partial charge in [-0.2, -0.15) is 0 Å². The fourth-order valence-corrected chi connectivity index (χ4v) is 3.01. The van der Waals surface area contributed by atoms with Crippen LogP contribution >= 0.6 is 0 Å². The number of ether oxygens (including phenoxy) is 1. The van der Waals surface area contributed by atoms with Gasteiger partial charge in [-0.25, -0.2) is 4.79 Å². The maximum absolute atomic E-state index is 12.5. The van der Waals surface area contributed by atoms with Gasteiger partial charge in [0, 0.05) is 35.6 Å². The second-order valence-electron chi connectivity index (χ2n) is 6.33. The van der Waals surface area contributed by atoms with E-state index in [-0.39, 0.29) is 17.5 Å². The first-order chi connectivity index (χ1) is 13.3. The summed E-state index contributed by atoms with van der Waals surface area (Å²) in [6, 6.07) is 7.54. The van der Waals surface area contributed by atoms with E-state index < -0.39 is 17.0 Å². The summed E-state index contributed by atoms with van der Waals surface area (Å²) in [6.07, 6.45) is -0.739. The Bertz CT molecular complexity index is 1020. The monoisotopic (exact) mass is 384 g/mol. The number of benzene rings is 1. The Hall–Kier alpha value is -3.49. The van der Waals surface area contributed by atoms with Crippen molar-refractivity contribution in [3.05, 3.63) is 63.3 Å². The molecule has 9 nitrogen and oxygen atoms in total. The number of carbonyl (C=O) groups excluding carboxylic acids is 1. The average molecular weight is 384 g/mol. The Morgan fingerprint density at radius 3 is 2.54 bits per heavy atom. The van der Waals surface area contributed by atoms with E-state index in [0.29, 0.717) is 11.1 Å². The van der Waals surface area contributed by atoms with Crippen LogP contribution < -0.4 is 0 Å². The van der Waals surface area contributed by atoms with Crippen LogP contribution in [0.2, 0.25) is 0 Å². The van der Waals surface area contributed by atoms with E-state index in [9.17, 15) is 14.9 Å². The molecule has 0 saturated heterocycles. The fraction of sp³-hybridized carbons (Fsp3) is 0.316. The van der Waals surface area contributed by atoms with Gasteiger partial charge in [-0.15, -0.1) is 10.2 Å². The summed E-state index contributed by atoms with van der Waals surface area (Å²) < 4.78 is 13.1. The molecule has 0 fully saturated rings. The van der Waals surface area contributed by atoms with Gasteiger partial charge in [0.15, 0.2) is 6.10 Å². The molecule has 0 aliphatic rings. The van der Waals surface area contributed by atoms with Crippen molar-refractivity contribution in [2.45, 2.75) is 40.3 Å². The van der Waals surface area contributed by atoms with E-state index in [0.717, 1.165) is 17.9 Å². The summed E-state index contributed by atoms with van der Waals surface area (Å²) in [5, 5.41) is 18.6. The van der Waals surface area contributed by atoms with E-state index in [1.165, 1.54) is 24.3 Å². The van der Waals surface area contributed by atoms with Gasteiger partial charge in [0.25, 0.3) is 11.6 Å². The van der Waals surface area contributed by atoms with Crippen LogP contribution in [-0.4, -0.2) is 25.7 Å². The summed E-state index contributed by atoms with van der Waals surface area (Å²) in [5.41, 5.74) is 2.83. The summed E-state index contributed by atoms with van der Waals surface area (Å²) >= 11 is 0. The lowest BCUT2D eigenvalue weighted by Crippen LogP contribution is -2.11. The highest BCUT2D eigenvalue weighted by atomic mass is 16.6. The molecule has 1 aromatic carbocycles. The molecule has 146 valence electrons. The van der Waals surface area contributed by atoms with Crippen molar-refractivity contribution < 1.29 is 18.9 Å². The van der Waals surface area contributed by atoms with E-state index in [2.05, 4.69) is 10.2 Å². The Kier molecular flexibility index (Phi) is 5.25. The number of nitro benzene ring substituents is 1. The number of non-ortho nitro benzene ring substituents is 1. The standard InChI is InChI=1S/C19H20N4O5/c1-5-22-11(2)10-16(12(22)3)19(24)27-13(4)17-20-21-18(28-17)14-6-8-15(9-7-14)23(25)26/h6-10,13H,5H2,1-4H3/t13-/m1/s1. The number of aryl methyl sites for hydroxylation is 1. The van der Waals surface area contributed by atoms with Crippen LogP contribution in [0.4, 0.5) is 5.69 Å². The first-order valence-electron chi connectivity index (χ1n) is 8.77. The van der Waals surface area contributed by atoms with Crippen molar-refractivity contribution in [2.24, 2.45) is 0 Å². The molecule has 0 amide bonds. The van der Waals surface area contributed by atoms with Gasteiger partial charge < -0.3 is 13.7 Å². The van der Waals surface area contributed by atoms with Crippen molar-refractivity contribution in [2.75, 3.05) is 0 Å². The van der Waals surface area contributed by atoms with Crippen molar-refractivity contribution in [3.63, 3.8) is 0 Å². The molecule has 0 unspecified atom stereocenters. The summed E-state index contributed by atoms with van der Waals surface area (Å²) in [7, 11) is 0. The quantitative estimate of drug-likeness (QED) is 0.358. The van der Waals surface area contributed by atoms with Crippen molar-refractivity contribution >= 4 is 11.7 Å². The molecule has 1 atom stereocenters. The van der Waals surface area contributed by atoms with E-state index in [4.69, 9.17) is 9.15 Å². The molecule has 28 heavy (non-hydrogen) atoms. The SMILES string of the molecule is CCn1c(C)cc(C(=O)O[C@H](C)c2nnc(-c3ccc([N+](=O)[O-])cc3)o2)c1C. The number of esters is 1. The van der Waals surface area contributed by atoms with Crippen molar-refractivity contribution in [1.29, 1.82) is 0 Å². The predicted octanol–water partition coefficient (Wildman–Crippen LogP) is 4.00. The Morgan fingerprint density at radius 2 is 1.96 bits per heavy atom. The largest absolute Gasteiger partial charge is 0.449 e. The van der Waals surface area contributed by atoms with Gasteiger partial charge in [0.1, 0.15) is 0 Å². The molecule has 9 heteroatoms. The first-order valence-corrected chi connectivity index (χ1v) is 8.77. The van der Waals surface area contributed by atoms with Crippen LogP contribution in [0.1, 0.15) is 47.6 Å². The van der Waals surface area contributed by atoms with Crippen LogP contribution in [0, 0.1) is 24.0 Å². The molecule has 2 aromatic heterocycles. The maximum atomic E-state index is 12.5. The lowest BCUT2D eigenvalue weighted by atomic mass is 10.2. The topological polar surface area (TPSA) is 113 Å². The molecule has 3 aromatic rings. The third-order valence-corrected chi connectivity index (χ3v) is 4.51. The molecule has 2 heterocycles. The maximum Gasteiger partial charge on any atom is 0.340 e. The number of hydrogen-bond donors (Lipinski definition) is 0. The lowest BCUT2D eigenvalue weighted by molar-refractivity contribution is -0.384. The Balaban J connectivity index is 1.74. The van der Waals surface area contributed by atoms with Crippen molar-refractivity contribution in [1.82, 2.24) is 14.8 Å². The van der Waals surface area contributed by atoms with Gasteiger partial charge in [0.2, 0.25) is 5.89 Å². The molecule has 0 saturated carbocycles. The molecule has 0 aliphatic carbocycles. The van der Waals surface area contributed by atoms with Crippen molar-refractivity contribution in [3.8, 4) is 11.5 Å². The minimum atomic E-state index is -0.739. The summed E-state index contributed by atoms with van der Waals surface area (Å²) in [5.74, 6) is -0.127. The number of aromatic nitrogens is 3. The summed E-state index contributed by atoms with van der Waals surface area (Å²) in [4.78, 5) is 22.8. The molecule has 0 spiro atoms. The van der Waals surface area contributed by atoms with E-state index in [1.807, 2.05) is 25.3 Å². The smallest absolute Gasteiger partial charge is 0.340 e. The van der Waals surface area contributed by atoms with Crippen LogP contribution in [0.3, 0.4) is 0 Å². The molecule has 3 rings (SSSR count). The molecule has 0 N–H and O–H groups in total. The molecular weight excluding hydrogens is 364 g/mol. The highest BCUT2D eigenvalue weighted by molar-refractivity contribution is 5.91. The number of hydrogen-bond acceptors (Lipinski definition) is 7. The zero-order chi connectivity index (χ0) is 20.4. The molecule has 0 radical (unpaired) electrons. The summed E-state index contributed by atoms with van der Waals surface area (Å²) in [6.45, 7) is 8.23. The van der Waals surface area contributed by atoms with Crippen LogP contribution in [0.25, 0.3) is 11.5 Å². The molecule has 0 aliphatic heterocycles. The van der Waals surface area contributed by atoms with E-state index >= 15 is 0 Å². The zero-order valence-corrected chi connectivity index (χ0v) is 16.0. The van der Waals surface area contributed by atoms with E-state index in [1.54, 1.807) is 13.0 Å². The second-order valence-corrected chi connectivity index (χ2v) is 6.33. The second kappa shape index (κ2) is 7.63. The minimum absolute atomic E-state index is 0.0320. The van der Waals surface area contributed by atoms with Crippen LogP contribution in [0.5, 0.6) is 0 Å². The van der Waals surface area contributed by atoms with Gasteiger partial charge in [0.05, 0.1) is 10.5 Å². The minimum Gasteiger partial charge on any atom is -0.449 e. The number of rotatable bonds is 6. The van der Waals surface area contributed by atoms with Gasteiger partial charge in [-0.1, -0.05) is 0 Å². The van der Waals surface area contributed by atoms with Gasteiger partial charge in [-0.05, 0) is 45.9 Å². The molecular formula is C19H20N4O5.